The Labute approximate surface area is 124 Å². The first-order valence-electron chi connectivity index (χ1n) is 5.81. The standard InChI is InChI=1S/C5H9NO2S3.C4H9NO2S/c7-11(8)2-1-4(3-11)6-5(9)10;5-4-1-2-8(6,7)3-4/h4H,1-3H2,(H2,6,9,10);4H,1-3,5H2. The highest BCUT2D eigenvalue weighted by Gasteiger charge is 2.27. The molecule has 6 nitrogen and oxygen atoms in total. The molecule has 0 aromatic rings. The van der Waals surface area contributed by atoms with Gasteiger partial charge in [-0.15, -0.1) is 0 Å². The zero-order valence-corrected chi connectivity index (χ0v) is 13.6. The van der Waals surface area contributed by atoms with E-state index < -0.39 is 19.7 Å². The molecule has 0 amide bonds. The van der Waals surface area contributed by atoms with Gasteiger partial charge < -0.3 is 35.9 Å². The molecule has 2 aliphatic rings. The maximum atomic E-state index is 10.9. The quantitative estimate of drug-likeness (QED) is 0.418. The van der Waals surface area contributed by atoms with Crippen LogP contribution >= 0.6 is 12.2 Å². The largest absolute Gasteiger partial charge is 0.412 e. The van der Waals surface area contributed by atoms with Crippen LogP contribution in [-0.2, 0) is 32.3 Å². The monoisotopic (exact) mass is 346 g/mol. The third-order valence-corrected chi connectivity index (χ3v) is 6.72. The lowest BCUT2D eigenvalue weighted by Gasteiger charge is -2.14. The number of rotatable bonds is 1. The normalized spacial score (nSPS) is 31.2. The van der Waals surface area contributed by atoms with Crippen molar-refractivity contribution >= 4 is 48.8 Å². The lowest BCUT2D eigenvalue weighted by molar-refractivity contribution is -0.410. The van der Waals surface area contributed by atoms with E-state index in [0.29, 0.717) is 17.9 Å². The molecule has 112 valence electrons. The summed E-state index contributed by atoms with van der Waals surface area (Å²) in [7, 11) is -5.47. The number of hydrogen-bond donors (Lipinski definition) is 2. The van der Waals surface area contributed by atoms with Crippen LogP contribution in [0.1, 0.15) is 12.8 Å². The van der Waals surface area contributed by atoms with Crippen molar-refractivity contribution in [1.82, 2.24) is 5.32 Å². The maximum absolute atomic E-state index is 10.9. The second-order valence-corrected chi connectivity index (χ2v) is 10.3. The van der Waals surface area contributed by atoms with E-state index in [2.05, 4.69) is 35.9 Å². The van der Waals surface area contributed by atoms with Gasteiger partial charge >= 0.3 is 0 Å². The van der Waals surface area contributed by atoms with Crippen molar-refractivity contribution in [2.75, 3.05) is 23.0 Å². The first-order chi connectivity index (χ1) is 8.60. The molecule has 0 aromatic carbocycles. The molecule has 2 fully saturated rings. The molecule has 0 bridgehead atoms. The molecule has 4 N–H and O–H groups in total. The lowest BCUT2D eigenvalue weighted by atomic mass is 10.3. The van der Waals surface area contributed by atoms with Crippen LogP contribution in [0.5, 0.6) is 0 Å². The van der Waals surface area contributed by atoms with E-state index in [1.54, 1.807) is 0 Å². The van der Waals surface area contributed by atoms with Crippen LogP contribution < -0.4 is 11.1 Å². The van der Waals surface area contributed by atoms with E-state index in [9.17, 15) is 16.8 Å². The third kappa shape index (κ3) is 6.80. The van der Waals surface area contributed by atoms with E-state index in [4.69, 9.17) is 0 Å². The molecule has 0 aliphatic carbocycles. The van der Waals surface area contributed by atoms with Gasteiger partial charge in [-0.1, -0.05) is 4.32 Å². The SMILES string of the molecule is O=S1(=O)CCC(NC(=S)[S-])C1.[NH3+]C1CCS(=O)(=O)C1. The first-order valence-corrected chi connectivity index (χ1v) is 10.3. The second-order valence-electron chi connectivity index (χ2n) is 4.80. The summed E-state index contributed by atoms with van der Waals surface area (Å²) in [6, 6.07) is 0.102. The van der Waals surface area contributed by atoms with E-state index >= 15 is 0 Å². The molecule has 0 spiro atoms. The summed E-state index contributed by atoms with van der Waals surface area (Å²) in [4.78, 5) is 0. The molecule has 2 saturated heterocycles. The van der Waals surface area contributed by atoms with Gasteiger partial charge in [0.15, 0.2) is 19.7 Å². The zero-order valence-electron chi connectivity index (χ0n) is 10.4. The molecule has 0 aromatic heterocycles. The zero-order chi connectivity index (χ0) is 14.7. The van der Waals surface area contributed by atoms with E-state index in [1.807, 2.05) is 0 Å². The summed E-state index contributed by atoms with van der Waals surface area (Å²) < 4.78 is 43.3. The van der Waals surface area contributed by atoms with Crippen molar-refractivity contribution in [3.05, 3.63) is 0 Å². The van der Waals surface area contributed by atoms with Crippen LogP contribution in [0.15, 0.2) is 0 Å². The topological polar surface area (TPSA) is 108 Å². The molecular formula is C9H18N2O4S4. The molecule has 2 rings (SSSR count). The van der Waals surface area contributed by atoms with Crippen molar-refractivity contribution in [2.24, 2.45) is 0 Å². The molecule has 2 aliphatic heterocycles. The molecule has 19 heavy (non-hydrogen) atoms. The minimum absolute atomic E-state index is 0.0509. The Morgan fingerprint density at radius 2 is 1.63 bits per heavy atom. The van der Waals surface area contributed by atoms with Crippen LogP contribution in [0.25, 0.3) is 0 Å². The second kappa shape index (κ2) is 6.61. The van der Waals surface area contributed by atoms with Crippen molar-refractivity contribution in [2.45, 2.75) is 24.9 Å². The Morgan fingerprint density at radius 3 is 1.89 bits per heavy atom. The van der Waals surface area contributed by atoms with Crippen LogP contribution in [0.3, 0.4) is 0 Å². The van der Waals surface area contributed by atoms with Gasteiger partial charge in [0.25, 0.3) is 0 Å². The van der Waals surface area contributed by atoms with Gasteiger partial charge in [0.05, 0.1) is 23.3 Å². The molecule has 2 unspecified atom stereocenters. The van der Waals surface area contributed by atoms with E-state index in [0.717, 1.165) is 6.42 Å². The Hall–Kier alpha value is -0.0300. The molecule has 0 saturated carbocycles. The van der Waals surface area contributed by atoms with Crippen molar-refractivity contribution in [1.29, 1.82) is 0 Å². The van der Waals surface area contributed by atoms with Gasteiger partial charge in [0, 0.05) is 12.5 Å². The first kappa shape index (κ1) is 17.0. The van der Waals surface area contributed by atoms with E-state index in [1.165, 1.54) is 0 Å². The highest BCUT2D eigenvalue weighted by molar-refractivity contribution is 8.00. The van der Waals surface area contributed by atoms with Gasteiger partial charge in [0.2, 0.25) is 0 Å². The molecular weight excluding hydrogens is 328 g/mol. The van der Waals surface area contributed by atoms with Crippen LogP contribution in [-0.4, -0.2) is 56.3 Å². The van der Waals surface area contributed by atoms with Crippen molar-refractivity contribution < 1.29 is 22.6 Å². The molecule has 10 heteroatoms. The third-order valence-electron chi connectivity index (χ3n) is 2.88. The average Bonchev–Trinajstić information content (AvgIpc) is 2.69. The Kier molecular flexibility index (Phi) is 5.93. The molecule has 2 heterocycles. The van der Waals surface area contributed by atoms with Gasteiger partial charge in [-0.05, 0) is 6.42 Å². The van der Waals surface area contributed by atoms with Gasteiger partial charge in [-0.25, -0.2) is 16.8 Å². The maximum Gasteiger partial charge on any atom is 0.156 e. The van der Waals surface area contributed by atoms with E-state index in [-0.39, 0.29) is 27.9 Å². The summed E-state index contributed by atoms with van der Waals surface area (Å²) in [6.45, 7) is 0. The van der Waals surface area contributed by atoms with Gasteiger partial charge in [-0.2, -0.15) is 0 Å². The minimum Gasteiger partial charge on any atom is -0.412 e. The number of hydrogen-bond acceptors (Lipinski definition) is 6. The summed E-state index contributed by atoms with van der Waals surface area (Å²) in [6.07, 6.45) is 1.38. The fraction of sp³-hybridized carbons (Fsp3) is 0.889. The number of nitrogens with one attached hydrogen (secondary N) is 1. The van der Waals surface area contributed by atoms with Crippen molar-refractivity contribution in [3.63, 3.8) is 0 Å². The average molecular weight is 347 g/mol. The number of quaternary nitrogens is 1. The number of sulfone groups is 2. The summed E-state index contributed by atoms with van der Waals surface area (Å²) >= 11 is 9.23. The summed E-state index contributed by atoms with van der Waals surface area (Å²) in [5.41, 5.74) is 3.65. The predicted octanol–water partition coefficient (Wildman–Crippen LogP) is -1.99. The highest BCUT2D eigenvalue weighted by atomic mass is 32.2. The smallest absolute Gasteiger partial charge is 0.156 e. The fourth-order valence-electron chi connectivity index (χ4n) is 1.95. The summed E-state index contributed by atoms with van der Waals surface area (Å²) in [5, 5.41) is 2.76. The predicted molar refractivity (Wildman–Crippen MR) is 80.1 cm³/mol. The fourth-order valence-corrected chi connectivity index (χ4v) is 5.70. The summed E-state index contributed by atoms with van der Waals surface area (Å²) in [5.74, 6) is 1.07. The van der Waals surface area contributed by atoms with Crippen LogP contribution in [0.4, 0.5) is 0 Å². The Balaban J connectivity index is 0.000000200. The van der Waals surface area contributed by atoms with Gasteiger partial charge in [-0.3, -0.25) is 0 Å². The van der Waals surface area contributed by atoms with Crippen LogP contribution in [0, 0.1) is 0 Å². The van der Waals surface area contributed by atoms with Gasteiger partial charge in [0.1, 0.15) is 5.75 Å². The number of thiocarbonyl (C=S) groups is 1. The Bertz CT molecular complexity index is 528. The molecule has 0 radical (unpaired) electrons. The molecule has 2 atom stereocenters. The highest BCUT2D eigenvalue weighted by Crippen LogP contribution is 2.10. The Morgan fingerprint density at radius 1 is 1.11 bits per heavy atom. The van der Waals surface area contributed by atoms with Crippen molar-refractivity contribution in [3.8, 4) is 0 Å². The minimum atomic E-state index is -2.81. The van der Waals surface area contributed by atoms with Crippen LogP contribution in [0.2, 0.25) is 0 Å². The lowest BCUT2D eigenvalue weighted by Crippen LogP contribution is -2.61.